The van der Waals surface area contributed by atoms with Crippen LogP contribution >= 0.6 is 15.9 Å². The number of anilines is 1. The molecule has 0 bridgehead atoms. The third-order valence-corrected chi connectivity index (χ3v) is 2.48. The molecule has 0 radical (unpaired) electrons. The van der Waals surface area contributed by atoms with E-state index in [0.717, 1.165) is 9.86 Å². The Bertz CT molecular complexity index is 655. The average Bonchev–Trinajstić information content (AvgIpc) is 2.84. The summed E-state index contributed by atoms with van der Waals surface area (Å²) in [5.41, 5.74) is 6.20. The molecule has 0 saturated carbocycles. The zero-order valence-corrected chi connectivity index (χ0v) is 9.51. The third-order valence-electron chi connectivity index (χ3n) is 2.08. The Morgan fingerprint density at radius 2 is 2.19 bits per heavy atom. The van der Waals surface area contributed by atoms with E-state index in [1.54, 1.807) is 23.3 Å². The predicted octanol–water partition coefficient (Wildman–Crippen LogP) is 0.883. The molecule has 0 fully saturated rings. The monoisotopic (exact) mass is 279 g/mol. The summed E-state index contributed by atoms with van der Waals surface area (Å²) >= 11 is 3.32. The summed E-state index contributed by atoms with van der Waals surface area (Å²) in [6.07, 6.45) is 5.10. The van der Waals surface area contributed by atoms with Crippen molar-refractivity contribution in [2.24, 2.45) is 0 Å². The maximum Gasteiger partial charge on any atom is 0.224 e. The Labute approximate surface area is 97.8 Å². The van der Waals surface area contributed by atoms with Gasteiger partial charge in [-0.25, -0.2) is 4.68 Å². The number of aromatic amines is 1. The highest BCUT2D eigenvalue weighted by Crippen LogP contribution is 2.19. The number of halogens is 1. The molecule has 3 N–H and O–H groups in total. The van der Waals surface area contributed by atoms with Crippen LogP contribution in [0.25, 0.3) is 16.9 Å². The van der Waals surface area contributed by atoms with Gasteiger partial charge in [-0.3, -0.25) is 5.10 Å². The maximum atomic E-state index is 5.61. The summed E-state index contributed by atoms with van der Waals surface area (Å²) in [7, 11) is 0. The van der Waals surface area contributed by atoms with Gasteiger partial charge in [-0.05, 0) is 15.9 Å². The Morgan fingerprint density at radius 3 is 2.94 bits per heavy atom. The van der Waals surface area contributed by atoms with E-state index in [2.05, 4.69) is 41.2 Å². The van der Waals surface area contributed by atoms with Crippen LogP contribution in [0.4, 0.5) is 5.95 Å². The number of fused-ring (bicyclic) bond motifs is 1. The molecule has 0 spiro atoms. The van der Waals surface area contributed by atoms with Crippen molar-refractivity contribution in [3.8, 4) is 5.82 Å². The Kier molecular flexibility index (Phi) is 1.90. The van der Waals surface area contributed by atoms with Gasteiger partial charge in [0.05, 0.1) is 22.3 Å². The zero-order valence-electron chi connectivity index (χ0n) is 7.92. The summed E-state index contributed by atoms with van der Waals surface area (Å²) < 4.78 is 2.47. The fourth-order valence-corrected chi connectivity index (χ4v) is 1.71. The molecule has 0 aliphatic heterocycles. The highest BCUT2D eigenvalue weighted by Gasteiger charge is 2.10. The molecule has 3 aromatic rings. The molecule has 80 valence electrons. The number of H-pyrrole nitrogens is 1. The number of nitrogens with two attached hydrogens (primary N) is 1. The van der Waals surface area contributed by atoms with Crippen LogP contribution in [0.5, 0.6) is 0 Å². The highest BCUT2D eigenvalue weighted by molar-refractivity contribution is 9.10. The number of hydrogen-bond acceptors (Lipinski definition) is 5. The molecule has 0 aromatic carbocycles. The van der Waals surface area contributed by atoms with Crippen LogP contribution in [0, 0.1) is 0 Å². The normalized spacial score (nSPS) is 11.1. The number of nitrogens with zero attached hydrogens (tertiary/aromatic N) is 5. The van der Waals surface area contributed by atoms with Gasteiger partial charge in [-0.15, -0.1) is 0 Å². The SMILES string of the molecule is Nc1nc(-n2cc(Br)cn2)c2cn[nH]c2n1. The largest absolute Gasteiger partial charge is 0.368 e. The molecule has 0 atom stereocenters. The number of nitrogen functional groups attached to an aromatic ring is 1. The van der Waals surface area contributed by atoms with E-state index < -0.39 is 0 Å². The Morgan fingerprint density at radius 1 is 1.31 bits per heavy atom. The second kappa shape index (κ2) is 3.27. The maximum absolute atomic E-state index is 5.61. The lowest BCUT2D eigenvalue weighted by Crippen LogP contribution is -2.03. The van der Waals surface area contributed by atoms with Crippen LogP contribution in [0.3, 0.4) is 0 Å². The summed E-state index contributed by atoms with van der Waals surface area (Å²) in [5.74, 6) is 0.778. The van der Waals surface area contributed by atoms with Crippen molar-refractivity contribution in [1.82, 2.24) is 29.9 Å². The van der Waals surface area contributed by atoms with Crippen LogP contribution in [0.15, 0.2) is 23.1 Å². The van der Waals surface area contributed by atoms with Crippen molar-refractivity contribution in [2.45, 2.75) is 0 Å². The topological polar surface area (TPSA) is 98.3 Å². The Balaban J connectivity index is 2.33. The van der Waals surface area contributed by atoms with Gasteiger partial charge in [0.25, 0.3) is 0 Å². The molecule has 3 rings (SSSR count). The van der Waals surface area contributed by atoms with Gasteiger partial charge in [-0.1, -0.05) is 0 Å². The second-order valence-electron chi connectivity index (χ2n) is 3.14. The lowest BCUT2D eigenvalue weighted by atomic mass is 10.4. The number of hydrogen-bond donors (Lipinski definition) is 2. The van der Waals surface area contributed by atoms with Gasteiger partial charge in [0.15, 0.2) is 11.5 Å². The lowest BCUT2D eigenvalue weighted by Gasteiger charge is -2.01. The van der Waals surface area contributed by atoms with Crippen LogP contribution in [-0.4, -0.2) is 29.9 Å². The minimum absolute atomic E-state index is 0.179. The zero-order chi connectivity index (χ0) is 11.1. The third kappa shape index (κ3) is 1.34. The van der Waals surface area contributed by atoms with Crippen molar-refractivity contribution >= 4 is 32.9 Å². The first kappa shape index (κ1) is 9.28. The fourth-order valence-electron chi connectivity index (χ4n) is 1.43. The first-order valence-electron chi connectivity index (χ1n) is 4.41. The van der Waals surface area contributed by atoms with Crippen molar-refractivity contribution < 1.29 is 0 Å². The molecule has 0 saturated heterocycles. The predicted molar refractivity (Wildman–Crippen MR) is 60.9 cm³/mol. The summed E-state index contributed by atoms with van der Waals surface area (Å²) in [5, 5.41) is 11.6. The van der Waals surface area contributed by atoms with E-state index in [4.69, 9.17) is 5.73 Å². The van der Waals surface area contributed by atoms with E-state index in [9.17, 15) is 0 Å². The van der Waals surface area contributed by atoms with Crippen LogP contribution in [0.2, 0.25) is 0 Å². The minimum atomic E-state index is 0.179. The molecule has 8 heteroatoms. The standard InChI is InChI=1S/C8H6BrN7/c9-4-1-12-16(3-4)7-5-2-11-15-6(5)13-8(10)14-7/h1-3H,(H3,10,11,13,14,15). The first-order chi connectivity index (χ1) is 7.74. The minimum Gasteiger partial charge on any atom is -0.368 e. The van der Waals surface area contributed by atoms with Crippen LogP contribution in [0.1, 0.15) is 0 Å². The van der Waals surface area contributed by atoms with E-state index in [-0.39, 0.29) is 5.95 Å². The fraction of sp³-hybridized carbons (Fsp3) is 0. The van der Waals surface area contributed by atoms with Gasteiger partial charge in [0, 0.05) is 6.20 Å². The lowest BCUT2D eigenvalue weighted by molar-refractivity contribution is 0.853. The summed E-state index contributed by atoms with van der Waals surface area (Å²) in [6, 6.07) is 0. The molecule has 0 unspecified atom stereocenters. The quantitative estimate of drug-likeness (QED) is 0.689. The first-order valence-corrected chi connectivity index (χ1v) is 5.20. The molecular weight excluding hydrogens is 274 g/mol. The highest BCUT2D eigenvalue weighted by atomic mass is 79.9. The molecule has 3 aromatic heterocycles. The van der Waals surface area contributed by atoms with Crippen LogP contribution < -0.4 is 5.73 Å². The number of aromatic nitrogens is 6. The van der Waals surface area contributed by atoms with Gasteiger partial charge in [-0.2, -0.15) is 20.2 Å². The summed E-state index contributed by atoms with van der Waals surface area (Å²) in [4.78, 5) is 8.17. The van der Waals surface area contributed by atoms with Crippen LogP contribution in [-0.2, 0) is 0 Å². The van der Waals surface area contributed by atoms with Gasteiger partial charge in [0.2, 0.25) is 5.95 Å². The van der Waals surface area contributed by atoms with E-state index in [0.29, 0.717) is 11.5 Å². The number of nitrogens with one attached hydrogen (secondary N) is 1. The molecular formula is C8H6BrN7. The molecule has 3 heterocycles. The average molecular weight is 280 g/mol. The van der Waals surface area contributed by atoms with Gasteiger partial charge >= 0.3 is 0 Å². The molecule has 0 aliphatic carbocycles. The smallest absolute Gasteiger partial charge is 0.224 e. The van der Waals surface area contributed by atoms with Crippen molar-refractivity contribution in [2.75, 3.05) is 5.73 Å². The number of rotatable bonds is 1. The van der Waals surface area contributed by atoms with E-state index in [1.165, 1.54) is 0 Å². The van der Waals surface area contributed by atoms with E-state index in [1.807, 2.05) is 0 Å². The molecule has 0 aliphatic rings. The van der Waals surface area contributed by atoms with Crippen molar-refractivity contribution in [3.63, 3.8) is 0 Å². The van der Waals surface area contributed by atoms with Crippen molar-refractivity contribution in [3.05, 3.63) is 23.1 Å². The van der Waals surface area contributed by atoms with Gasteiger partial charge < -0.3 is 5.73 Å². The second-order valence-corrected chi connectivity index (χ2v) is 4.06. The molecule has 7 nitrogen and oxygen atoms in total. The summed E-state index contributed by atoms with van der Waals surface area (Å²) in [6.45, 7) is 0. The molecule has 0 amide bonds. The Hall–Kier alpha value is -1.96. The van der Waals surface area contributed by atoms with Crippen molar-refractivity contribution in [1.29, 1.82) is 0 Å². The molecule has 16 heavy (non-hydrogen) atoms. The van der Waals surface area contributed by atoms with Gasteiger partial charge in [0.1, 0.15) is 0 Å². The van der Waals surface area contributed by atoms with E-state index >= 15 is 0 Å².